The predicted octanol–water partition coefficient (Wildman–Crippen LogP) is 2.41. The second kappa shape index (κ2) is 10.3. The number of carboxylic acids is 1. The molecular weight excluding hydrogens is 508 g/mol. The molecule has 1 saturated carbocycles. The molecule has 0 radical (unpaired) electrons. The monoisotopic (exact) mass is 544 g/mol. The highest BCUT2D eigenvalue weighted by Gasteiger charge is 2.83. The molecule has 8 unspecified atom stereocenters. The Bertz CT molecular complexity index is 1140. The van der Waals surface area contributed by atoms with Crippen molar-refractivity contribution in [3.8, 4) is 0 Å². The van der Waals surface area contributed by atoms with E-state index in [-0.39, 0.29) is 25.2 Å². The predicted molar refractivity (Wildman–Crippen MR) is 136 cm³/mol. The average Bonchev–Trinajstić information content (AvgIpc) is 3.66. The molecule has 8 atom stereocenters. The average molecular weight is 545 g/mol. The van der Waals surface area contributed by atoms with Crippen molar-refractivity contribution in [1.29, 1.82) is 0 Å². The maximum absolute atomic E-state index is 12.9. The van der Waals surface area contributed by atoms with Crippen LogP contribution in [0, 0.1) is 10.8 Å². The normalized spacial score (nSPS) is 41.3. The topological polar surface area (TPSA) is 141 Å². The first kappa shape index (κ1) is 27.8. The number of allylic oxidation sites excluding steroid dienone is 2. The number of aliphatic hydroxyl groups excluding tert-OH is 1. The molecule has 3 fully saturated rings. The minimum atomic E-state index is -1.01. The third-order valence-electron chi connectivity index (χ3n) is 9.31. The Kier molecular flexibility index (Phi) is 7.34. The van der Waals surface area contributed by atoms with Crippen molar-refractivity contribution < 1.29 is 48.3 Å². The lowest BCUT2D eigenvalue weighted by Crippen LogP contribution is -2.67. The zero-order valence-corrected chi connectivity index (χ0v) is 22.5. The summed E-state index contributed by atoms with van der Waals surface area (Å²) in [5.41, 5.74) is -1.39. The SMILES string of the molecule is CC1=CC(=O)OCC23CCC(C(=O)O)=CC2OC2CC(OC(=O)C=CC=CC(C(C)O)OCC1)C3(C)C21CO1. The van der Waals surface area contributed by atoms with Gasteiger partial charge in [-0.2, -0.15) is 0 Å². The van der Waals surface area contributed by atoms with E-state index in [0.29, 0.717) is 25.9 Å². The van der Waals surface area contributed by atoms with Gasteiger partial charge in [0.1, 0.15) is 24.4 Å². The summed E-state index contributed by atoms with van der Waals surface area (Å²) in [5.74, 6) is -2.09. The van der Waals surface area contributed by atoms with E-state index in [4.69, 9.17) is 23.7 Å². The van der Waals surface area contributed by atoms with Crippen molar-refractivity contribution in [2.24, 2.45) is 10.8 Å². The van der Waals surface area contributed by atoms with Crippen LogP contribution in [0.4, 0.5) is 0 Å². The number of esters is 2. The molecule has 0 amide bonds. The van der Waals surface area contributed by atoms with Crippen molar-refractivity contribution in [1.82, 2.24) is 0 Å². The van der Waals surface area contributed by atoms with Gasteiger partial charge in [-0.25, -0.2) is 14.4 Å². The van der Waals surface area contributed by atoms with Gasteiger partial charge >= 0.3 is 17.9 Å². The molecule has 2 saturated heterocycles. The lowest BCUT2D eigenvalue weighted by molar-refractivity contribution is -0.232. The highest BCUT2D eigenvalue weighted by atomic mass is 16.6. The van der Waals surface area contributed by atoms with Crippen LogP contribution in [0.2, 0.25) is 0 Å². The van der Waals surface area contributed by atoms with Crippen LogP contribution in [0.15, 0.2) is 47.6 Å². The van der Waals surface area contributed by atoms with Crippen LogP contribution < -0.4 is 0 Å². The number of rotatable bonds is 2. The fourth-order valence-corrected chi connectivity index (χ4v) is 6.89. The molecule has 2 N–H and O–H groups in total. The van der Waals surface area contributed by atoms with Crippen molar-refractivity contribution in [3.63, 3.8) is 0 Å². The lowest BCUT2D eigenvalue weighted by Gasteiger charge is -2.58. The van der Waals surface area contributed by atoms with Crippen LogP contribution in [0.25, 0.3) is 0 Å². The van der Waals surface area contributed by atoms with E-state index in [1.54, 1.807) is 38.2 Å². The smallest absolute Gasteiger partial charge is 0.331 e. The quantitative estimate of drug-likeness (QED) is 0.393. The standard InChI is InChI=1S/C29H36O10/c1-17-9-11-35-20(18(2)30)6-4-5-7-24(31)39-21-14-23-29(16-37-29)27(21,3)28(15-36-25(32)12-17)10-8-19(26(33)34)13-22(28)38-23/h4-7,12-13,18,20-23,30H,8-11,14-16H2,1-3H3,(H,33,34). The molecule has 0 aromatic heterocycles. The second-order valence-corrected chi connectivity index (χ2v) is 11.4. The molecule has 5 aliphatic rings. The van der Waals surface area contributed by atoms with Gasteiger partial charge in [-0.3, -0.25) is 0 Å². The van der Waals surface area contributed by atoms with Crippen molar-refractivity contribution in [2.75, 3.05) is 19.8 Å². The maximum atomic E-state index is 12.9. The number of hydrogen-bond acceptors (Lipinski definition) is 9. The Labute approximate surface area is 227 Å². The molecule has 2 bridgehead atoms. The molecule has 3 heterocycles. The fourth-order valence-electron chi connectivity index (χ4n) is 6.89. The van der Waals surface area contributed by atoms with Gasteiger partial charge in [0.05, 0.1) is 36.9 Å². The summed E-state index contributed by atoms with van der Waals surface area (Å²) >= 11 is 0. The molecule has 39 heavy (non-hydrogen) atoms. The van der Waals surface area contributed by atoms with Crippen molar-refractivity contribution >= 4 is 17.9 Å². The van der Waals surface area contributed by atoms with Crippen LogP contribution in [-0.2, 0) is 38.1 Å². The van der Waals surface area contributed by atoms with Gasteiger partial charge in [-0.15, -0.1) is 0 Å². The van der Waals surface area contributed by atoms with Crippen LogP contribution in [0.3, 0.4) is 0 Å². The number of epoxide rings is 1. The van der Waals surface area contributed by atoms with Crippen LogP contribution in [0.1, 0.15) is 46.5 Å². The summed E-state index contributed by atoms with van der Waals surface area (Å²) in [6, 6.07) is 0. The second-order valence-electron chi connectivity index (χ2n) is 11.4. The maximum Gasteiger partial charge on any atom is 0.331 e. The number of hydrogen-bond donors (Lipinski definition) is 2. The summed E-state index contributed by atoms with van der Waals surface area (Å²) < 4.78 is 30.2. The molecule has 212 valence electrons. The molecule has 10 heteroatoms. The number of aliphatic carboxylic acids is 1. The van der Waals surface area contributed by atoms with E-state index in [2.05, 4.69) is 0 Å². The zero-order chi connectivity index (χ0) is 28.0. The number of carbonyl (C=O) groups is 3. The number of cyclic esters (lactones) is 1. The summed E-state index contributed by atoms with van der Waals surface area (Å²) in [6.07, 6.45) is 7.60. The Hall–Kier alpha value is -2.79. The van der Waals surface area contributed by atoms with Gasteiger partial charge < -0.3 is 33.9 Å². The van der Waals surface area contributed by atoms with Gasteiger partial charge in [0, 0.05) is 29.6 Å². The van der Waals surface area contributed by atoms with Crippen LogP contribution >= 0.6 is 0 Å². The number of ether oxygens (including phenoxy) is 5. The van der Waals surface area contributed by atoms with Crippen molar-refractivity contribution in [2.45, 2.75) is 82.6 Å². The fraction of sp³-hybridized carbons (Fsp3) is 0.621. The number of aliphatic hydroxyl groups is 1. The van der Waals surface area contributed by atoms with E-state index in [9.17, 15) is 24.6 Å². The number of carboxylic acid groups (broad SMARTS) is 1. The third kappa shape index (κ3) is 4.67. The Morgan fingerprint density at radius 3 is 2.59 bits per heavy atom. The minimum absolute atomic E-state index is 0.0504. The molecule has 10 nitrogen and oxygen atoms in total. The first-order chi connectivity index (χ1) is 18.5. The van der Waals surface area contributed by atoms with E-state index in [1.165, 1.54) is 12.2 Å². The Balaban J connectivity index is 1.53. The van der Waals surface area contributed by atoms with Crippen molar-refractivity contribution in [3.05, 3.63) is 47.6 Å². The van der Waals surface area contributed by atoms with E-state index in [1.807, 2.05) is 6.92 Å². The summed E-state index contributed by atoms with van der Waals surface area (Å²) in [4.78, 5) is 37.7. The van der Waals surface area contributed by atoms with E-state index < -0.39 is 64.9 Å². The molecule has 0 aromatic rings. The Morgan fingerprint density at radius 2 is 1.90 bits per heavy atom. The van der Waals surface area contributed by atoms with E-state index >= 15 is 0 Å². The van der Waals surface area contributed by atoms with Gasteiger partial charge in [0.2, 0.25) is 0 Å². The van der Waals surface area contributed by atoms with E-state index in [0.717, 1.165) is 5.57 Å². The largest absolute Gasteiger partial charge is 0.478 e. The third-order valence-corrected chi connectivity index (χ3v) is 9.31. The van der Waals surface area contributed by atoms with Gasteiger partial charge in [-0.1, -0.05) is 30.7 Å². The molecular formula is C29H36O10. The lowest BCUT2D eigenvalue weighted by atomic mass is 9.51. The van der Waals surface area contributed by atoms with Gasteiger partial charge in [-0.05, 0) is 39.2 Å². The molecule has 2 spiro atoms. The van der Waals surface area contributed by atoms with Crippen LogP contribution in [0.5, 0.6) is 0 Å². The van der Waals surface area contributed by atoms with Crippen LogP contribution in [-0.4, -0.2) is 84.1 Å². The van der Waals surface area contributed by atoms with Gasteiger partial charge in [0.15, 0.2) is 0 Å². The highest BCUT2D eigenvalue weighted by Crippen LogP contribution is 2.72. The number of carbonyl (C=O) groups excluding carboxylic acids is 2. The minimum Gasteiger partial charge on any atom is -0.478 e. The summed E-state index contributed by atoms with van der Waals surface area (Å²) in [6.45, 7) is 6.04. The Morgan fingerprint density at radius 1 is 1.13 bits per heavy atom. The summed E-state index contributed by atoms with van der Waals surface area (Å²) in [7, 11) is 0. The molecule has 5 rings (SSSR count). The molecule has 3 aliphatic heterocycles. The van der Waals surface area contributed by atoms with Gasteiger partial charge in [0.25, 0.3) is 0 Å². The first-order valence-electron chi connectivity index (χ1n) is 13.4. The summed E-state index contributed by atoms with van der Waals surface area (Å²) in [5, 5.41) is 19.7. The molecule has 0 aromatic carbocycles. The molecule has 2 aliphatic carbocycles. The first-order valence-corrected chi connectivity index (χ1v) is 13.4. The highest BCUT2D eigenvalue weighted by molar-refractivity contribution is 5.87. The zero-order valence-electron chi connectivity index (χ0n) is 22.5.